The van der Waals surface area contributed by atoms with Crippen LogP contribution < -0.4 is 9.44 Å². The number of nitrogens with zero attached hydrogens (tertiary/aromatic N) is 9. The van der Waals surface area contributed by atoms with Crippen LogP contribution in [-0.4, -0.2) is 56.8 Å². The third kappa shape index (κ3) is 9.21. The van der Waals surface area contributed by atoms with Gasteiger partial charge in [-0.2, -0.15) is 5.26 Å². The van der Waals surface area contributed by atoms with Crippen molar-refractivity contribution < 1.29 is 16.8 Å². The van der Waals surface area contributed by atoms with Crippen molar-refractivity contribution in [1.82, 2.24) is 40.0 Å². The van der Waals surface area contributed by atoms with Gasteiger partial charge >= 0.3 is 0 Å². The molecular weight excluding hydrogens is 834 g/mol. The summed E-state index contributed by atoms with van der Waals surface area (Å²) >= 11 is 6.18. The first-order chi connectivity index (χ1) is 28.8. The molecule has 2 N–H and O–H groups in total. The van der Waals surface area contributed by atoms with E-state index in [0.717, 1.165) is 11.1 Å². The standard InChI is InChI=1S/C22H20N6O2S.C21H20ClN5O2S/c1-22(2,3)16-7-9-17(10-8-16)31(29,30)26-18-11-6-15(14-23)13-20(18)28-19-5-4-12-24-21(19)25-27-28;1-21(2,3)14-6-9-16(10-7-14)30(28,29)25-17-11-8-15(22)13-19(17)27-18-5-4-12-23-20(18)24-26-27/h4-13,26H,1-3H3;4-13,25H,1-3H3. The second-order valence-electron chi connectivity index (χ2n) is 16.0. The molecule has 0 radical (unpaired) electrons. The monoisotopic (exact) mass is 873 g/mol. The normalized spacial score (nSPS) is 12.1. The molecule has 15 nitrogen and oxygen atoms in total. The van der Waals surface area contributed by atoms with Gasteiger partial charge in [0.25, 0.3) is 20.0 Å². The summed E-state index contributed by atoms with van der Waals surface area (Å²) in [6.07, 6.45) is 3.21. The highest BCUT2D eigenvalue weighted by molar-refractivity contribution is 7.93. The number of fused-ring (bicyclic) bond motifs is 2. The Labute approximate surface area is 358 Å². The van der Waals surface area contributed by atoms with Gasteiger partial charge in [0.15, 0.2) is 0 Å². The van der Waals surface area contributed by atoms with E-state index in [9.17, 15) is 22.1 Å². The van der Waals surface area contributed by atoms with Gasteiger partial charge in [0, 0.05) is 17.4 Å². The van der Waals surface area contributed by atoms with Crippen LogP contribution in [0.3, 0.4) is 0 Å². The van der Waals surface area contributed by atoms with Crippen LogP contribution in [-0.2, 0) is 30.9 Å². The highest BCUT2D eigenvalue weighted by atomic mass is 35.5. The van der Waals surface area contributed by atoms with Gasteiger partial charge in [0.05, 0.1) is 44.2 Å². The van der Waals surface area contributed by atoms with Crippen molar-refractivity contribution in [3.05, 3.63) is 143 Å². The highest BCUT2D eigenvalue weighted by Gasteiger charge is 2.23. The molecule has 0 saturated heterocycles. The van der Waals surface area contributed by atoms with Crippen LogP contribution in [0, 0.1) is 11.3 Å². The molecule has 0 unspecified atom stereocenters. The summed E-state index contributed by atoms with van der Waals surface area (Å²) in [6, 6.07) is 32.3. The van der Waals surface area contributed by atoms with Crippen LogP contribution in [0.25, 0.3) is 33.7 Å². The fraction of sp³-hybridized carbons (Fsp3) is 0.186. The predicted octanol–water partition coefficient (Wildman–Crippen LogP) is 8.35. The fourth-order valence-electron chi connectivity index (χ4n) is 6.19. The quantitative estimate of drug-likeness (QED) is 0.148. The first-order valence-electron chi connectivity index (χ1n) is 18.8. The molecule has 0 aliphatic carbocycles. The van der Waals surface area contributed by atoms with Crippen LogP contribution >= 0.6 is 11.6 Å². The number of sulfonamides is 2. The molecule has 18 heteroatoms. The van der Waals surface area contributed by atoms with Gasteiger partial charge in [-0.05, 0) is 107 Å². The molecule has 8 aromatic rings. The average Bonchev–Trinajstić information content (AvgIpc) is 3.86. The number of pyridine rings is 2. The molecule has 61 heavy (non-hydrogen) atoms. The van der Waals surface area contributed by atoms with Crippen molar-refractivity contribution >= 4 is 65.4 Å². The number of nitrogens with one attached hydrogen (secondary N) is 2. The Morgan fingerprint density at radius 2 is 1.02 bits per heavy atom. The van der Waals surface area contributed by atoms with Crippen molar-refractivity contribution in [2.45, 2.75) is 62.2 Å². The Bertz CT molecular complexity index is 3170. The summed E-state index contributed by atoms with van der Waals surface area (Å²) in [5.41, 5.74) is 5.81. The second kappa shape index (κ2) is 16.4. The third-order valence-electron chi connectivity index (χ3n) is 9.54. The molecular formula is C43H40ClN11O4S2. The van der Waals surface area contributed by atoms with Crippen molar-refractivity contribution in [3.63, 3.8) is 0 Å². The van der Waals surface area contributed by atoms with E-state index in [4.69, 9.17) is 11.6 Å². The van der Waals surface area contributed by atoms with Crippen molar-refractivity contribution in [1.29, 1.82) is 5.26 Å². The summed E-state index contributed by atoms with van der Waals surface area (Å²) in [6.45, 7) is 12.4. The molecule has 0 bridgehead atoms. The first kappa shape index (κ1) is 42.4. The number of halogens is 1. The Morgan fingerprint density at radius 1 is 0.590 bits per heavy atom. The first-order valence-corrected chi connectivity index (χ1v) is 22.1. The van der Waals surface area contributed by atoms with Gasteiger partial charge in [-0.1, -0.05) is 87.8 Å². The summed E-state index contributed by atoms with van der Waals surface area (Å²) in [4.78, 5) is 8.62. The van der Waals surface area contributed by atoms with Gasteiger partial charge in [0.1, 0.15) is 11.0 Å². The maximum absolute atomic E-state index is 13.1. The number of benzene rings is 4. The SMILES string of the molecule is CC(C)(C)c1ccc(S(=O)(=O)Nc2ccc(C#N)cc2-n2nnc3ncccc32)cc1.CC(C)(C)c1ccc(S(=O)(=O)Nc2ccc(Cl)cc2-n2nnc3ncccc32)cc1. The van der Waals surface area contributed by atoms with E-state index in [1.807, 2.05) is 24.3 Å². The zero-order valence-electron chi connectivity index (χ0n) is 33.9. The lowest BCUT2D eigenvalue weighted by Gasteiger charge is -2.19. The van der Waals surface area contributed by atoms with Crippen molar-refractivity contribution in [2.75, 3.05) is 9.44 Å². The Morgan fingerprint density at radius 3 is 1.44 bits per heavy atom. The van der Waals surface area contributed by atoms with Crippen molar-refractivity contribution in [3.8, 4) is 17.4 Å². The summed E-state index contributed by atoms with van der Waals surface area (Å²) in [5, 5.41) is 26.0. The van der Waals surface area contributed by atoms with E-state index in [1.54, 1.807) is 97.3 Å². The van der Waals surface area contributed by atoms with Crippen molar-refractivity contribution in [2.24, 2.45) is 0 Å². The van der Waals surface area contributed by atoms with E-state index in [-0.39, 0.29) is 26.3 Å². The number of aromatic nitrogens is 8. The highest BCUT2D eigenvalue weighted by Crippen LogP contribution is 2.31. The number of rotatable bonds is 8. The minimum absolute atomic E-state index is 0.0682. The minimum atomic E-state index is -3.87. The molecule has 8 rings (SSSR count). The molecule has 0 amide bonds. The fourth-order valence-corrected chi connectivity index (χ4v) is 8.51. The summed E-state index contributed by atoms with van der Waals surface area (Å²) < 4.78 is 60.4. The molecule has 0 aliphatic heterocycles. The zero-order valence-corrected chi connectivity index (χ0v) is 36.3. The topological polar surface area (TPSA) is 203 Å². The van der Waals surface area contributed by atoms with E-state index in [2.05, 4.69) is 87.6 Å². The Hall–Kier alpha value is -6.74. The van der Waals surface area contributed by atoms with Gasteiger partial charge in [-0.25, -0.2) is 36.2 Å². The maximum Gasteiger partial charge on any atom is 0.261 e. The van der Waals surface area contributed by atoms with Gasteiger partial charge < -0.3 is 0 Å². The lowest BCUT2D eigenvalue weighted by molar-refractivity contribution is 0.587. The van der Waals surface area contributed by atoms with Gasteiger partial charge in [-0.15, -0.1) is 10.2 Å². The molecule has 4 aromatic heterocycles. The predicted molar refractivity (Wildman–Crippen MR) is 235 cm³/mol. The van der Waals surface area contributed by atoms with E-state index >= 15 is 0 Å². The molecule has 0 saturated carbocycles. The van der Waals surface area contributed by atoms with E-state index in [0.29, 0.717) is 50.0 Å². The molecule has 0 atom stereocenters. The van der Waals surface area contributed by atoms with Crippen LogP contribution in [0.4, 0.5) is 11.4 Å². The number of hydrogen-bond donors (Lipinski definition) is 2. The number of anilines is 2. The molecule has 0 spiro atoms. The van der Waals surface area contributed by atoms with Gasteiger partial charge in [0.2, 0.25) is 11.3 Å². The second-order valence-corrected chi connectivity index (χ2v) is 19.8. The third-order valence-corrected chi connectivity index (χ3v) is 12.5. The zero-order chi connectivity index (χ0) is 43.7. The maximum atomic E-state index is 13.1. The number of hydrogen-bond acceptors (Lipinski definition) is 11. The van der Waals surface area contributed by atoms with Crippen LogP contribution in [0.1, 0.15) is 58.2 Å². The Kier molecular flexibility index (Phi) is 11.4. The van der Waals surface area contributed by atoms with Gasteiger partial charge in [-0.3, -0.25) is 9.44 Å². The average molecular weight is 874 g/mol. The lowest BCUT2D eigenvalue weighted by Crippen LogP contribution is -2.16. The van der Waals surface area contributed by atoms with E-state index in [1.165, 1.54) is 9.36 Å². The molecule has 0 fully saturated rings. The molecule has 4 heterocycles. The van der Waals surface area contributed by atoms with Crippen LogP contribution in [0.5, 0.6) is 0 Å². The lowest BCUT2D eigenvalue weighted by atomic mass is 9.87. The molecule has 310 valence electrons. The molecule has 4 aromatic carbocycles. The molecule has 0 aliphatic rings. The van der Waals surface area contributed by atoms with Crippen LogP contribution in [0.2, 0.25) is 5.02 Å². The van der Waals surface area contributed by atoms with Crippen LogP contribution in [0.15, 0.2) is 131 Å². The summed E-state index contributed by atoms with van der Waals surface area (Å²) in [7, 11) is -7.70. The largest absolute Gasteiger partial charge is 0.277 e. The minimum Gasteiger partial charge on any atom is -0.277 e. The summed E-state index contributed by atoms with van der Waals surface area (Å²) in [5.74, 6) is 0. The van der Waals surface area contributed by atoms with E-state index < -0.39 is 20.0 Å². The number of nitriles is 1. The Balaban J connectivity index is 0.000000184. The smallest absolute Gasteiger partial charge is 0.261 e.